The van der Waals surface area contributed by atoms with Gasteiger partial charge in [-0.05, 0) is 38.2 Å². The van der Waals surface area contributed by atoms with Gasteiger partial charge in [-0.3, -0.25) is 9.59 Å². The Morgan fingerprint density at radius 3 is 2.78 bits per heavy atom. The average molecular weight is 240 g/mol. The van der Waals surface area contributed by atoms with Crippen LogP contribution in [-0.2, 0) is 11.2 Å². The summed E-state index contributed by atoms with van der Waals surface area (Å²) in [4.78, 5) is 24.5. The van der Waals surface area contributed by atoms with Crippen LogP contribution in [0.4, 0.5) is 0 Å². The quantitative estimate of drug-likeness (QED) is 0.755. The van der Waals surface area contributed by atoms with Crippen LogP contribution in [0.5, 0.6) is 0 Å². The third-order valence-electron chi connectivity index (χ3n) is 4.33. The Kier molecular flexibility index (Phi) is 2.47. The molecule has 1 spiro atoms. The van der Waals surface area contributed by atoms with E-state index >= 15 is 0 Å². The number of ketones is 2. The molecule has 0 aliphatic heterocycles. The number of carbonyl (C=O) groups is 2. The van der Waals surface area contributed by atoms with Crippen LogP contribution in [0.15, 0.2) is 35.9 Å². The van der Waals surface area contributed by atoms with E-state index in [0.717, 1.165) is 42.4 Å². The van der Waals surface area contributed by atoms with Gasteiger partial charge in [0, 0.05) is 11.1 Å². The van der Waals surface area contributed by atoms with Gasteiger partial charge in [-0.2, -0.15) is 0 Å². The number of aryl methyl sites for hydroxylation is 1. The predicted molar refractivity (Wildman–Crippen MR) is 69.5 cm³/mol. The van der Waals surface area contributed by atoms with Gasteiger partial charge < -0.3 is 0 Å². The highest BCUT2D eigenvalue weighted by atomic mass is 16.1. The predicted octanol–water partition coefficient (Wildman–Crippen LogP) is 3.11. The first-order valence-corrected chi connectivity index (χ1v) is 6.49. The topological polar surface area (TPSA) is 34.1 Å². The van der Waals surface area contributed by atoms with Gasteiger partial charge in [0.25, 0.3) is 0 Å². The van der Waals surface area contributed by atoms with Crippen molar-refractivity contribution in [2.24, 2.45) is 5.41 Å². The average Bonchev–Trinajstić information content (AvgIpc) is 2.80. The monoisotopic (exact) mass is 240 g/mol. The van der Waals surface area contributed by atoms with Crippen molar-refractivity contribution in [1.29, 1.82) is 0 Å². The minimum absolute atomic E-state index is 0.0558. The summed E-state index contributed by atoms with van der Waals surface area (Å²) < 4.78 is 0. The Bertz CT molecular complexity index is 568. The zero-order valence-corrected chi connectivity index (χ0v) is 10.5. The number of carbonyl (C=O) groups excluding carboxylic acids is 2. The van der Waals surface area contributed by atoms with Crippen LogP contribution < -0.4 is 0 Å². The fourth-order valence-electron chi connectivity index (χ4n) is 3.45. The molecule has 18 heavy (non-hydrogen) atoms. The van der Waals surface area contributed by atoms with Crippen molar-refractivity contribution in [2.75, 3.05) is 0 Å². The van der Waals surface area contributed by atoms with Crippen molar-refractivity contribution < 1.29 is 9.59 Å². The van der Waals surface area contributed by atoms with E-state index in [1.54, 1.807) is 6.92 Å². The Morgan fingerprint density at radius 1 is 1.22 bits per heavy atom. The molecule has 0 radical (unpaired) electrons. The highest BCUT2D eigenvalue weighted by Gasteiger charge is 2.48. The molecule has 0 fully saturated rings. The van der Waals surface area contributed by atoms with E-state index in [2.05, 4.69) is 0 Å². The SMILES string of the molecule is CC(=O)C1=CCC[C@]12CCc1ccccc1C2=O. The fraction of sp³-hybridized carbons (Fsp3) is 0.375. The molecule has 0 saturated carbocycles. The molecule has 2 heteroatoms. The van der Waals surface area contributed by atoms with E-state index in [4.69, 9.17) is 0 Å². The van der Waals surface area contributed by atoms with Crippen molar-refractivity contribution >= 4 is 11.6 Å². The molecule has 0 saturated heterocycles. The lowest BCUT2D eigenvalue weighted by molar-refractivity contribution is -0.114. The largest absolute Gasteiger partial charge is 0.295 e. The molecular weight excluding hydrogens is 224 g/mol. The Morgan fingerprint density at radius 2 is 2.00 bits per heavy atom. The van der Waals surface area contributed by atoms with Crippen molar-refractivity contribution in [3.05, 3.63) is 47.0 Å². The molecule has 0 unspecified atom stereocenters. The summed E-state index contributed by atoms with van der Waals surface area (Å²) in [7, 11) is 0. The van der Waals surface area contributed by atoms with Crippen molar-refractivity contribution in [3.63, 3.8) is 0 Å². The Labute approximate surface area is 107 Å². The van der Waals surface area contributed by atoms with Gasteiger partial charge in [-0.25, -0.2) is 0 Å². The van der Waals surface area contributed by atoms with Crippen LogP contribution in [0.3, 0.4) is 0 Å². The summed E-state index contributed by atoms with van der Waals surface area (Å²) in [6.45, 7) is 1.58. The summed E-state index contributed by atoms with van der Waals surface area (Å²) in [5.74, 6) is 0.212. The highest BCUT2D eigenvalue weighted by Crippen LogP contribution is 2.48. The van der Waals surface area contributed by atoms with Gasteiger partial charge in [0.15, 0.2) is 11.6 Å². The molecule has 1 aromatic rings. The molecule has 92 valence electrons. The molecule has 0 N–H and O–H groups in total. The molecule has 0 aromatic heterocycles. The number of allylic oxidation sites excluding steroid dienone is 2. The van der Waals surface area contributed by atoms with Crippen LogP contribution in [0.25, 0.3) is 0 Å². The van der Waals surface area contributed by atoms with Crippen molar-refractivity contribution in [2.45, 2.75) is 32.6 Å². The highest BCUT2D eigenvalue weighted by molar-refractivity contribution is 6.11. The normalized spacial score (nSPS) is 26.1. The maximum absolute atomic E-state index is 12.8. The number of benzene rings is 1. The molecule has 0 bridgehead atoms. The first-order valence-electron chi connectivity index (χ1n) is 6.49. The minimum Gasteiger partial charge on any atom is -0.295 e. The molecule has 1 aromatic carbocycles. The molecule has 0 heterocycles. The molecule has 3 rings (SSSR count). The van der Waals surface area contributed by atoms with Gasteiger partial charge in [-0.15, -0.1) is 0 Å². The summed E-state index contributed by atoms with van der Waals surface area (Å²) >= 11 is 0. The second-order valence-electron chi connectivity index (χ2n) is 5.28. The van der Waals surface area contributed by atoms with E-state index in [-0.39, 0.29) is 11.6 Å². The first-order chi connectivity index (χ1) is 8.65. The molecular formula is C16H16O2. The van der Waals surface area contributed by atoms with Crippen molar-refractivity contribution in [1.82, 2.24) is 0 Å². The number of Topliss-reactive ketones (excluding diaryl/α,β-unsaturated/α-hetero) is 2. The minimum atomic E-state index is -0.514. The van der Waals surface area contributed by atoms with Crippen molar-refractivity contribution in [3.8, 4) is 0 Å². The van der Waals surface area contributed by atoms with Gasteiger partial charge in [0.2, 0.25) is 0 Å². The van der Waals surface area contributed by atoms with Gasteiger partial charge in [-0.1, -0.05) is 30.3 Å². The summed E-state index contributed by atoms with van der Waals surface area (Å²) in [6, 6.07) is 7.79. The van der Waals surface area contributed by atoms with Crippen LogP contribution in [0.2, 0.25) is 0 Å². The first kappa shape index (κ1) is 11.4. The molecule has 2 aliphatic carbocycles. The number of hydrogen-bond acceptors (Lipinski definition) is 2. The maximum atomic E-state index is 12.8. The second-order valence-corrected chi connectivity index (χ2v) is 5.28. The zero-order chi connectivity index (χ0) is 12.8. The molecule has 0 amide bonds. The van der Waals surface area contributed by atoms with Crippen LogP contribution in [0, 0.1) is 5.41 Å². The van der Waals surface area contributed by atoms with Gasteiger partial charge >= 0.3 is 0 Å². The van der Waals surface area contributed by atoms with Gasteiger partial charge in [0.05, 0.1) is 5.41 Å². The standard InChI is InChI=1S/C16H16O2/c1-11(17)14-7-4-9-16(14)10-8-12-5-2-3-6-13(12)15(16)18/h2-3,5-7H,4,8-10H2,1H3/t16-/m0/s1. The zero-order valence-electron chi connectivity index (χ0n) is 10.5. The Hall–Kier alpha value is -1.70. The molecule has 2 aliphatic rings. The maximum Gasteiger partial charge on any atom is 0.173 e. The lowest BCUT2D eigenvalue weighted by atomic mass is 9.66. The van der Waals surface area contributed by atoms with E-state index in [9.17, 15) is 9.59 Å². The lowest BCUT2D eigenvalue weighted by Crippen LogP contribution is -2.37. The Balaban J connectivity index is 2.10. The van der Waals surface area contributed by atoms with E-state index < -0.39 is 5.41 Å². The van der Waals surface area contributed by atoms with E-state index in [0.29, 0.717) is 0 Å². The van der Waals surface area contributed by atoms with Crippen LogP contribution >= 0.6 is 0 Å². The summed E-state index contributed by atoms with van der Waals surface area (Å²) in [5, 5.41) is 0. The molecule has 1 atom stereocenters. The number of rotatable bonds is 1. The fourth-order valence-corrected chi connectivity index (χ4v) is 3.45. The summed E-state index contributed by atoms with van der Waals surface area (Å²) in [6.07, 6.45) is 5.30. The smallest absolute Gasteiger partial charge is 0.173 e. The summed E-state index contributed by atoms with van der Waals surface area (Å²) in [5.41, 5.74) is 2.18. The third kappa shape index (κ3) is 1.41. The van der Waals surface area contributed by atoms with Crippen LogP contribution in [0.1, 0.15) is 42.1 Å². The molecule has 2 nitrogen and oxygen atoms in total. The van der Waals surface area contributed by atoms with E-state index in [1.165, 1.54) is 0 Å². The van der Waals surface area contributed by atoms with Gasteiger partial charge in [0.1, 0.15) is 0 Å². The third-order valence-corrected chi connectivity index (χ3v) is 4.33. The second kappa shape index (κ2) is 3.91. The van der Waals surface area contributed by atoms with E-state index in [1.807, 2.05) is 30.3 Å². The van der Waals surface area contributed by atoms with Crippen LogP contribution in [-0.4, -0.2) is 11.6 Å². The number of fused-ring (bicyclic) bond motifs is 1. The lowest BCUT2D eigenvalue weighted by Gasteiger charge is -2.34. The number of hydrogen-bond donors (Lipinski definition) is 0.